The lowest BCUT2D eigenvalue weighted by molar-refractivity contribution is -0.118. The molecule has 0 fully saturated rings. The third kappa shape index (κ3) is 2.31. The highest BCUT2D eigenvalue weighted by Crippen LogP contribution is 2.27. The van der Waals surface area contributed by atoms with Crippen LogP contribution in [-0.4, -0.2) is 17.8 Å². The second-order valence-corrected chi connectivity index (χ2v) is 3.54. The van der Waals surface area contributed by atoms with Crippen LogP contribution in [0.4, 0.5) is 5.69 Å². The Labute approximate surface area is 95.9 Å². The molecular formula is C11H8BrNO2. The maximum atomic E-state index is 11.1. The third-order valence-electron chi connectivity index (χ3n) is 1.91. The van der Waals surface area contributed by atoms with Gasteiger partial charge in [0.2, 0.25) is 0 Å². The molecule has 0 bridgehead atoms. The number of hydrogen-bond acceptors (Lipinski definition) is 2. The molecule has 1 aliphatic rings. The van der Waals surface area contributed by atoms with Gasteiger partial charge in [-0.1, -0.05) is 27.8 Å². The zero-order valence-electron chi connectivity index (χ0n) is 7.84. The summed E-state index contributed by atoms with van der Waals surface area (Å²) in [7, 11) is 0. The van der Waals surface area contributed by atoms with Gasteiger partial charge in [-0.25, -0.2) is 0 Å². The quantitative estimate of drug-likeness (QED) is 0.574. The van der Waals surface area contributed by atoms with Crippen molar-refractivity contribution in [2.24, 2.45) is 0 Å². The first-order valence-corrected chi connectivity index (χ1v) is 5.53. The number of amides is 1. The van der Waals surface area contributed by atoms with Crippen LogP contribution in [-0.2, 0) is 4.79 Å². The number of benzene rings is 1. The maximum absolute atomic E-state index is 11.1. The fraction of sp³-hybridized carbons (Fsp3) is 0.182. The van der Waals surface area contributed by atoms with Gasteiger partial charge in [0.05, 0.1) is 11.0 Å². The normalized spacial score (nSPS) is 13.0. The topological polar surface area (TPSA) is 38.3 Å². The van der Waals surface area contributed by atoms with E-state index in [0.29, 0.717) is 16.8 Å². The van der Waals surface area contributed by atoms with Crippen LogP contribution in [0.1, 0.15) is 5.56 Å². The summed E-state index contributed by atoms with van der Waals surface area (Å²) in [6, 6.07) is 5.49. The van der Waals surface area contributed by atoms with Gasteiger partial charge in [0.15, 0.2) is 6.61 Å². The highest BCUT2D eigenvalue weighted by molar-refractivity contribution is 9.09. The second kappa shape index (κ2) is 4.37. The van der Waals surface area contributed by atoms with E-state index in [1.807, 2.05) is 18.2 Å². The molecule has 3 nitrogen and oxygen atoms in total. The number of alkyl halides is 1. The summed E-state index contributed by atoms with van der Waals surface area (Å²) in [6.45, 7) is 0.0828. The second-order valence-electron chi connectivity index (χ2n) is 2.98. The lowest BCUT2D eigenvalue weighted by Gasteiger charge is -2.17. The molecule has 0 atom stereocenters. The number of ether oxygens (including phenoxy) is 1. The summed E-state index contributed by atoms with van der Waals surface area (Å²) in [4.78, 5) is 11.1. The van der Waals surface area contributed by atoms with Crippen molar-refractivity contribution in [3.05, 3.63) is 23.8 Å². The van der Waals surface area contributed by atoms with Gasteiger partial charge in [-0.05, 0) is 18.2 Å². The van der Waals surface area contributed by atoms with Crippen LogP contribution in [0.2, 0.25) is 0 Å². The molecule has 0 aromatic heterocycles. The SMILES string of the molecule is O=C1COc2ccc(C#CCBr)cc2N1. The largest absolute Gasteiger partial charge is 0.482 e. The average Bonchev–Trinajstić information content (AvgIpc) is 2.25. The Hall–Kier alpha value is -1.47. The summed E-state index contributed by atoms with van der Waals surface area (Å²) in [6.07, 6.45) is 0. The van der Waals surface area contributed by atoms with Crippen molar-refractivity contribution in [3.8, 4) is 17.6 Å². The van der Waals surface area contributed by atoms with E-state index < -0.39 is 0 Å². The predicted octanol–water partition coefficient (Wildman–Crippen LogP) is 1.76. The molecule has 1 amide bonds. The van der Waals surface area contributed by atoms with E-state index >= 15 is 0 Å². The highest BCUT2D eigenvalue weighted by Gasteiger charge is 2.15. The van der Waals surface area contributed by atoms with Crippen LogP contribution in [0, 0.1) is 11.8 Å². The highest BCUT2D eigenvalue weighted by atomic mass is 79.9. The van der Waals surface area contributed by atoms with Gasteiger partial charge in [0.25, 0.3) is 5.91 Å². The van der Waals surface area contributed by atoms with E-state index in [9.17, 15) is 4.79 Å². The number of anilines is 1. The molecule has 1 N–H and O–H groups in total. The molecule has 2 rings (SSSR count). The van der Waals surface area contributed by atoms with Crippen molar-refractivity contribution in [2.45, 2.75) is 0 Å². The average molecular weight is 266 g/mol. The summed E-state index contributed by atoms with van der Waals surface area (Å²) in [5.74, 6) is 6.41. The van der Waals surface area contributed by atoms with Crippen LogP contribution in [0.25, 0.3) is 0 Å². The van der Waals surface area contributed by atoms with E-state index in [2.05, 4.69) is 33.1 Å². The van der Waals surface area contributed by atoms with Crippen molar-refractivity contribution in [1.29, 1.82) is 0 Å². The summed E-state index contributed by atoms with van der Waals surface area (Å²) >= 11 is 3.22. The number of carbonyl (C=O) groups is 1. The zero-order chi connectivity index (χ0) is 10.7. The molecule has 1 aliphatic heterocycles. The smallest absolute Gasteiger partial charge is 0.262 e. The molecule has 0 aliphatic carbocycles. The molecule has 0 saturated heterocycles. The lowest BCUT2D eigenvalue weighted by Crippen LogP contribution is -2.25. The molecular weight excluding hydrogens is 258 g/mol. The molecule has 4 heteroatoms. The van der Waals surface area contributed by atoms with Crippen molar-refractivity contribution in [1.82, 2.24) is 0 Å². The van der Waals surface area contributed by atoms with E-state index in [4.69, 9.17) is 4.74 Å². The number of fused-ring (bicyclic) bond motifs is 1. The Bertz CT molecular complexity index is 459. The minimum absolute atomic E-state index is 0.0828. The fourth-order valence-electron chi connectivity index (χ4n) is 1.30. The van der Waals surface area contributed by atoms with Gasteiger partial charge in [-0.3, -0.25) is 4.79 Å². The Morgan fingerprint density at radius 3 is 3.20 bits per heavy atom. The van der Waals surface area contributed by atoms with Crippen LogP contribution in [0.15, 0.2) is 18.2 Å². The van der Waals surface area contributed by atoms with Gasteiger partial charge < -0.3 is 10.1 Å². The van der Waals surface area contributed by atoms with E-state index in [1.54, 1.807) is 0 Å². The van der Waals surface area contributed by atoms with Crippen molar-refractivity contribution in [3.63, 3.8) is 0 Å². The number of halogens is 1. The van der Waals surface area contributed by atoms with Crippen LogP contribution < -0.4 is 10.1 Å². The van der Waals surface area contributed by atoms with Crippen LogP contribution >= 0.6 is 15.9 Å². The van der Waals surface area contributed by atoms with Gasteiger partial charge in [0, 0.05) is 5.56 Å². The molecule has 1 heterocycles. The van der Waals surface area contributed by atoms with Gasteiger partial charge in [0.1, 0.15) is 5.75 Å². The van der Waals surface area contributed by atoms with Crippen LogP contribution in [0.5, 0.6) is 5.75 Å². The molecule has 0 unspecified atom stereocenters. The van der Waals surface area contributed by atoms with E-state index in [-0.39, 0.29) is 12.5 Å². The molecule has 1 aromatic rings. The predicted molar refractivity (Wildman–Crippen MR) is 61.2 cm³/mol. The Balaban J connectivity index is 2.32. The van der Waals surface area contributed by atoms with Crippen molar-refractivity contribution in [2.75, 3.05) is 17.3 Å². The zero-order valence-corrected chi connectivity index (χ0v) is 9.43. The molecule has 15 heavy (non-hydrogen) atoms. The van der Waals surface area contributed by atoms with Gasteiger partial charge in [-0.2, -0.15) is 0 Å². The number of hydrogen-bond donors (Lipinski definition) is 1. The molecule has 1 aromatic carbocycles. The Morgan fingerprint density at radius 2 is 2.40 bits per heavy atom. The molecule has 76 valence electrons. The van der Waals surface area contributed by atoms with Gasteiger partial charge in [-0.15, -0.1) is 0 Å². The van der Waals surface area contributed by atoms with Gasteiger partial charge >= 0.3 is 0 Å². The third-order valence-corrected chi connectivity index (χ3v) is 2.19. The monoisotopic (exact) mass is 265 g/mol. The molecule has 0 saturated carbocycles. The molecule has 0 radical (unpaired) electrons. The van der Waals surface area contributed by atoms with Crippen LogP contribution in [0.3, 0.4) is 0 Å². The minimum atomic E-state index is -0.131. The summed E-state index contributed by atoms with van der Waals surface area (Å²) < 4.78 is 5.23. The maximum Gasteiger partial charge on any atom is 0.262 e. The first-order chi connectivity index (χ1) is 7.29. The standard InChI is InChI=1S/C11H8BrNO2/c12-5-1-2-8-3-4-10-9(6-8)13-11(14)7-15-10/h3-4,6H,5,7H2,(H,13,14). The summed E-state index contributed by atoms with van der Waals surface area (Å²) in [5.41, 5.74) is 1.55. The van der Waals surface area contributed by atoms with Crippen molar-refractivity contribution < 1.29 is 9.53 Å². The molecule has 0 spiro atoms. The van der Waals surface area contributed by atoms with E-state index in [1.165, 1.54) is 0 Å². The number of rotatable bonds is 0. The first kappa shape index (κ1) is 10.1. The summed E-state index contributed by atoms with van der Waals surface area (Å²) in [5, 5.41) is 3.37. The number of nitrogens with one attached hydrogen (secondary N) is 1. The fourth-order valence-corrected chi connectivity index (χ4v) is 1.44. The Morgan fingerprint density at radius 1 is 1.53 bits per heavy atom. The Kier molecular flexibility index (Phi) is 2.93. The number of carbonyl (C=O) groups excluding carboxylic acids is 1. The first-order valence-electron chi connectivity index (χ1n) is 4.41. The lowest BCUT2D eigenvalue weighted by atomic mass is 10.1. The van der Waals surface area contributed by atoms with E-state index in [0.717, 1.165) is 5.56 Å². The van der Waals surface area contributed by atoms with Crippen molar-refractivity contribution >= 4 is 27.5 Å². The minimum Gasteiger partial charge on any atom is -0.482 e.